The minimum atomic E-state index is -0.848. The molecule has 1 aromatic rings. The van der Waals surface area contributed by atoms with E-state index in [2.05, 4.69) is 14.9 Å². The molecule has 1 aromatic heterocycles. The number of aromatic nitrogens is 2. The molecule has 0 saturated heterocycles. The second-order valence-corrected chi connectivity index (χ2v) is 1.44. The number of nitrogen functional groups attached to an aromatic ring is 1. The molecule has 0 aromatic carbocycles. The van der Waals surface area contributed by atoms with Crippen molar-refractivity contribution in [1.82, 2.24) is 15.8 Å². The van der Waals surface area contributed by atoms with Crippen molar-refractivity contribution >= 4 is 11.7 Å². The maximum Gasteiger partial charge on any atom is 0.300 e. The monoisotopic (exact) mass is 144 g/mol. The van der Waals surface area contributed by atoms with Gasteiger partial charge in [-0.15, -0.1) is 0 Å². The van der Waals surface area contributed by atoms with Crippen molar-refractivity contribution in [3.05, 3.63) is 5.69 Å². The van der Waals surface area contributed by atoms with Gasteiger partial charge in [0.15, 0.2) is 0 Å². The highest BCUT2D eigenvalue weighted by atomic mass is 16.6. The van der Waals surface area contributed by atoms with E-state index >= 15 is 0 Å². The molecular weight excluding hydrogens is 140 g/mol. The second-order valence-electron chi connectivity index (χ2n) is 1.44. The van der Waals surface area contributed by atoms with Crippen LogP contribution in [0.25, 0.3) is 0 Å². The number of hydroxylamine groups is 1. The lowest BCUT2D eigenvalue weighted by atomic mass is 10.4. The van der Waals surface area contributed by atoms with Crippen LogP contribution in [0.3, 0.4) is 0 Å². The van der Waals surface area contributed by atoms with Gasteiger partial charge in [-0.25, -0.2) is 10.1 Å². The van der Waals surface area contributed by atoms with Crippen LogP contribution in [-0.4, -0.2) is 21.4 Å². The summed E-state index contributed by atoms with van der Waals surface area (Å²) in [5.41, 5.74) is 6.17. The summed E-state index contributed by atoms with van der Waals surface area (Å²) in [6, 6.07) is 0. The van der Waals surface area contributed by atoms with E-state index in [0.717, 1.165) is 0 Å². The quantitative estimate of drug-likeness (QED) is 0.336. The number of amides is 1. The van der Waals surface area contributed by atoms with E-state index in [-0.39, 0.29) is 11.5 Å². The number of nitrogens with zero attached hydrogens (tertiary/aromatic N) is 2. The molecule has 0 spiro atoms. The molecule has 7 heteroatoms. The molecule has 0 aliphatic carbocycles. The van der Waals surface area contributed by atoms with E-state index in [9.17, 15) is 4.79 Å². The first-order valence-electron chi connectivity index (χ1n) is 2.28. The highest BCUT2D eigenvalue weighted by Gasteiger charge is 2.13. The third kappa shape index (κ3) is 0.890. The molecular formula is C3H4N4O3. The summed E-state index contributed by atoms with van der Waals surface area (Å²) in [6.45, 7) is 0. The molecule has 4 N–H and O–H groups in total. The Balaban J connectivity index is 2.93. The number of carbonyl (C=O) groups is 1. The van der Waals surface area contributed by atoms with Crippen molar-refractivity contribution in [2.45, 2.75) is 0 Å². The number of carbonyl (C=O) groups excluding carboxylic acids is 1. The Labute approximate surface area is 54.7 Å². The molecule has 54 valence electrons. The summed E-state index contributed by atoms with van der Waals surface area (Å²) in [6.07, 6.45) is 0. The Morgan fingerprint density at radius 1 is 1.70 bits per heavy atom. The molecule has 0 aliphatic rings. The fourth-order valence-corrected chi connectivity index (χ4v) is 0.406. The zero-order chi connectivity index (χ0) is 7.56. The van der Waals surface area contributed by atoms with Gasteiger partial charge in [0.1, 0.15) is 0 Å². The smallest absolute Gasteiger partial charge is 0.300 e. The van der Waals surface area contributed by atoms with E-state index in [0.29, 0.717) is 0 Å². The van der Waals surface area contributed by atoms with Crippen molar-refractivity contribution in [2.24, 2.45) is 0 Å². The Morgan fingerprint density at radius 3 is 2.80 bits per heavy atom. The first-order chi connectivity index (χ1) is 4.75. The Hall–Kier alpha value is -1.63. The number of anilines is 1. The first kappa shape index (κ1) is 6.49. The lowest BCUT2D eigenvalue weighted by molar-refractivity contribution is 0.0696. The van der Waals surface area contributed by atoms with Crippen LogP contribution in [0.15, 0.2) is 4.63 Å². The summed E-state index contributed by atoms with van der Waals surface area (Å²) in [5.74, 6) is -1.01. The third-order valence-electron chi connectivity index (χ3n) is 0.831. The van der Waals surface area contributed by atoms with Gasteiger partial charge in [-0.05, 0) is 10.3 Å². The molecule has 0 bridgehead atoms. The van der Waals surface area contributed by atoms with E-state index in [1.165, 1.54) is 5.48 Å². The van der Waals surface area contributed by atoms with Crippen LogP contribution < -0.4 is 11.2 Å². The minimum absolute atomic E-state index is 0.161. The predicted octanol–water partition coefficient (Wildman–Crippen LogP) is -1.23. The largest absolute Gasteiger partial charge is 0.379 e. The van der Waals surface area contributed by atoms with Crippen molar-refractivity contribution in [2.75, 3.05) is 5.73 Å². The molecule has 7 nitrogen and oxygen atoms in total. The zero-order valence-electron chi connectivity index (χ0n) is 4.74. The third-order valence-corrected chi connectivity index (χ3v) is 0.831. The van der Waals surface area contributed by atoms with Gasteiger partial charge in [0.2, 0.25) is 11.5 Å². The van der Waals surface area contributed by atoms with Crippen LogP contribution in [0.1, 0.15) is 10.5 Å². The lowest BCUT2D eigenvalue weighted by Crippen LogP contribution is -2.20. The maximum atomic E-state index is 10.5. The second kappa shape index (κ2) is 2.31. The normalized spacial score (nSPS) is 9.30. The van der Waals surface area contributed by atoms with Gasteiger partial charge in [-0.1, -0.05) is 0 Å². The molecule has 1 heterocycles. The Bertz CT molecular complexity index is 244. The summed E-state index contributed by atoms with van der Waals surface area (Å²) >= 11 is 0. The van der Waals surface area contributed by atoms with Crippen molar-refractivity contribution in [3.8, 4) is 0 Å². The van der Waals surface area contributed by atoms with E-state index in [4.69, 9.17) is 10.9 Å². The number of rotatable bonds is 1. The highest BCUT2D eigenvalue weighted by molar-refractivity contribution is 5.95. The zero-order valence-corrected chi connectivity index (χ0v) is 4.74. The Kier molecular flexibility index (Phi) is 1.50. The Morgan fingerprint density at radius 2 is 2.40 bits per heavy atom. The van der Waals surface area contributed by atoms with Gasteiger partial charge in [-0.3, -0.25) is 10.0 Å². The van der Waals surface area contributed by atoms with Crippen LogP contribution >= 0.6 is 0 Å². The minimum Gasteiger partial charge on any atom is -0.379 e. The van der Waals surface area contributed by atoms with Crippen LogP contribution in [0.5, 0.6) is 0 Å². The molecule has 0 aliphatic heterocycles. The molecule has 1 rings (SSSR count). The van der Waals surface area contributed by atoms with Crippen LogP contribution in [0, 0.1) is 0 Å². The van der Waals surface area contributed by atoms with Crippen LogP contribution in [0.2, 0.25) is 0 Å². The van der Waals surface area contributed by atoms with Gasteiger partial charge in [-0.2, -0.15) is 0 Å². The van der Waals surface area contributed by atoms with Crippen LogP contribution in [0.4, 0.5) is 5.82 Å². The van der Waals surface area contributed by atoms with Crippen molar-refractivity contribution in [3.63, 3.8) is 0 Å². The average Bonchev–Trinajstić information content (AvgIpc) is 2.34. The fraction of sp³-hybridized carbons (Fsp3) is 0. The number of nitrogens with two attached hydrogens (primary N) is 1. The van der Waals surface area contributed by atoms with E-state index < -0.39 is 5.91 Å². The highest BCUT2D eigenvalue weighted by Crippen LogP contribution is 2.01. The summed E-state index contributed by atoms with van der Waals surface area (Å²) in [4.78, 5) is 10.5. The average molecular weight is 144 g/mol. The fourth-order valence-electron chi connectivity index (χ4n) is 0.406. The van der Waals surface area contributed by atoms with Gasteiger partial charge in [0, 0.05) is 0 Å². The number of hydrogen-bond donors (Lipinski definition) is 3. The molecule has 10 heavy (non-hydrogen) atoms. The maximum absolute atomic E-state index is 10.5. The molecule has 1 amide bonds. The summed E-state index contributed by atoms with van der Waals surface area (Å²) in [5, 5.41) is 14.3. The summed E-state index contributed by atoms with van der Waals surface area (Å²) in [7, 11) is 0. The molecule has 0 radical (unpaired) electrons. The number of hydrogen-bond acceptors (Lipinski definition) is 6. The molecule has 0 saturated carbocycles. The molecule has 0 unspecified atom stereocenters. The number of nitrogens with one attached hydrogen (secondary N) is 1. The van der Waals surface area contributed by atoms with Gasteiger partial charge in [0.25, 0.3) is 0 Å². The molecule has 0 fully saturated rings. The molecule has 0 atom stereocenters. The van der Waals surface area contributed by atoms with E-state index in [1.807, 2.05) is 0 Å². The van der Waals surface area contributed by atoms with Crippen LogP contribution in [-0.2, 0) is 0 Å². The van der Waals surface area contributed by atoms with Gasteiger partial charge >= 0.3 is 5.91 Å². The summed E-state index contributed by atoms with van der Waals surface area (Å²) < 4.78 is 4.07. The first-order valence-corrected chi connectivity index (χ1v) is 2.28. The van der Waals surface area contributed by atoms with Gasteiger partial charge in [0.05, 0.1) is 0 Å². The predicted molar refractivity (Wildman–Crippen MR) is 28.0 cm³/mol. The van der Waals surface area contributed by atoms with E-state index in [1.54, 1.807) is 0 Å². The SMILES string of the molecule is Nc1nonc1C(=O)NO. The van der Waals surface area contributed by atoms with Gasteiger partial charge < -0.3 is 5.73 Å². The standard InChI is InChI=1S/C3H4N4O3/c4-2-1(3(8)5-9)6-10-7-2/h9H,(H2,4,7)(H,5,8). The topological polar surface area (TPSA) is 114 Å². The lowest BCUT2D eigenvalue weighted by Gasteiger charge is -1.88. The van der Waals surface area contributed by atoms with Crippen molar-refractivity contribution in [1.29, 1.82) is 0 Å². The van der Waals surface area contributed by atoms with Crippen molar-refractivity contribution < 1.29 is 14.6 Å².